The molecule has 0 saturated carbocycles. The van der Waals surface area contributed by atoms with Crippen LogP contribution in [0, 0.1) is 25.5 Å². The van der Waals surface area contributed by atoms with Gasteiger partial charge in [0.2, 0.25) is 0 Å². The van der Waals surface area contributed by atoms with Gasteiger partial charge < -0.3 is 5.32 Å². The first-order chi connectivity index (χ1) is 16.0. The SMILES string of the molecule is Cc1ccc(C2=C(Nc3ccc(C(C)(C)C)cc3)C(=O)N(c3ccc(F)c(F)c3)C2=O)cc1C. The maximum Gasteiger partial charge on any atom is 0.282 e. The van der Waals surface area contributed by atoms with Gasteiger partial charge in [0, 0.05) is 11.8 Å². The molecule has 0 atom stereocenters. The molecule has 1 aliphatic heterocycles. The number of carbonyl (C=O) groups is 2. The van der Waals surface area contributed by atoms with Crippen molar-refractivity contribution >= 4 is 28.8 Å². The number of nitrogens with zero attached hydrogens (tertiary/aromatic N) is 1. The average Bonchev–Trinajstić information content (AvgIpc) is 3.01. The predicted molar refractivity (Wildman–Crippen MR) is 130 cm³/mol. The Morgan fingerprint density at radius 2 is 1.44 bits per heavy atom. The molecule has 0 bridgehead atoms. The fourth-order valence-electron chi connectivity index (χ4n) is 3.87. The number of aryl methyl sites for hydroxylation is 2. The lowest BCUT2D eigenvalue weighted by Gasteiger charge is -2.19. The van der Waals surface area contributed by atoms with E-state index in [9.17, 15) is 18.4 Å². The lowest BCUT2D eigenvalue weighted by Crippen LogP contribution is -2.32. The fraction of sp³-hybridized carbons (Fsp3) is 0.214. The molecule has 0 radical (unpaired) electrons. The fourth-order valence-corrected chi connectivity index (χ4v) is 3.87. The van der Waals surface area contributed by atoms with Crippen LogP contribution in [0.2, 0.25) is 0 Å². The van der Waals surface area contributed by atoms with Gasteiger partial charge in [-0.2, -0.15) is 0 Å². The Morgan fingerprint density at radius 1 is 0.765 bits per heavy atom. The van der Waals surface area contributed by atoms with E-state index in [2.05, 4.69) is 26.1 Å². The second-order valence-corrected chi connectivity index (χ2v) is 9.55. The second kappa shape index (κ2) is 8.52. The number of rotatable bonds is 4. The van der Waals surface area contributed by atoms with E-state index < -0.39 is 23.4 Å². The lowest BCUT2D eigenvalue weighted by molar-refractivity contribution is -0.120. The zero-order chi connectivity index (χ0) is 24.8. The molecule has 4 rings (SSSR count). The van der Waals surface area contributed by atoms with Crippen LogP contribution in [0.5, 0.6) is 0 Å². The van der Waals surface area contributed by atoms with Crippen molar-refractivity contribution < 1.29 is 18.4 Å². The van der Waals surface area contributed by atoms with E-state index in [1.54, 1.807) is 6.07 Å². The third kappa shape index (κ3) is 4.23. The van der Waals surface area contributed by atoms with E-state index in [0.29, 0.717) is 11.3 Å². The van der Waals surface area contributed by atoms with E-state index in [1.165, 1.54) is 6.07 Å². The van der Waals surface area contributed by atoms with Crippen LogP contribution in [0.25, 0.3) is 5.57 Å². The van der Waals surface area contributed by atoms with Gasteiger partial charge in [-0.3, -0.25) is 9.59 Å². The Morgan fingerprint density at radius 3 is 2.03 bits per heavy atom. The average molecular weight is 461 g/mol. The summed E-state index contributed by atoms with van der Waals surface area (Å²) in [5.41, 5.74) is 4.53. The molecule has 6 heteroatoms. The molecule has 0 saturated heterocycles. The van der Waals surface area contributed by atoms with Gasteiger partial charge >= 0.3 is 0 Å². The van der Waals surface area contributed by atoms with Crippen molar-refractivity contribution in [1.82, 2.24) is 0 Å². The van der Waals surface area contributed by atoms with E-state index in [0.717, 1.165) is 33.7 Å². The number of carbonyl (C=O) groups excluding carboxylic acids is 2. The second-order valence-electron chi connectivity index (χ2n) is 9.55. The molecule has 4 nitrogen and oxygen atoms in total. The molecule has 0 aliphatic carbocycles. The number of amides is 2. The topological polar surface area (TPSA) is 49.4 Å². The minimum atomic E-state index is -1.13. The van der Waals surface area contributed by atoms with Crippen LogP contribution in [0.15, 0.2) is 66.4 Å². The Hall–Kier alpha value is -3.80. The molecule has 0 unspecified atom stereocenters. The summed E-state index contributed by atoms with van der Waals surface area (Å²) in [6.45, 7) is 10.2. The van der Waals surface area contributed by atoms with Crippen LogP contribution in [0.4, 0.5) is 20.2 Å². The minimum Gasteiger partial charge on any atom is -0.350 e. The molecule has 174 valence electrons. The summed E-state index contributed by atoms with van der Waals surface area (Å²) >= 11 is 0. The van der Waals surface area contributed by atoms with Gasteiger partial charge in [-0.15, -0.1) is 0 Å². The van der Waals surface area contributed by atoms with Gasteiger partial charge in [0.25, 0.3) is 11.8 Å². The highest BCUT2D eigenvalue weighted by Crippen LogP contribution is 2.35. The van der Waals surface area contributed by atoms with Gasteiger partial charge in [0.1, 0.15) is 5.70 Å². The minimum absolute atomic E-state index is 0.0323. The normalized spacial score (nSPS) is 14.3. The highest BCUT2D eigenvalue weighted by molar-refractivity contribution is 6.46. The van der Waals surface area contributed by atoms with Gasteiger partial charge in [-0.1, -0.05) is 51.1 Å². The quantitative estimate of drug-likeness (QED) is 0.467. The first kappa shape index (κ1) is 23.4. The van der Waals surface area contributed by atoms with Crippen LogP contribution in [-0.4, -0.2) is 11.8 Å². The summed E-state index contributed by atoms with van der Waals surface area (Å²) in [5, 5.41) is 3.11. The number of nitrogens with one attached hydrogen (secondary N) is 1. The Kier molecular flexibility index (Phi) is 5.86. The first-order valence-electron chi connectivity index (χ1n) is 11.0. The molecule has 2 amide bonds. The van der Waals surface area contributed by atoms with Crippen LogP contribution in [0.3, 0.4) is 0 Å². The third-order valence-electron chi connectivity index (χ3n) is 6.06. The van der Waals surface area contributed by atoms with Crippen LogP contribution < -0.4 is 10.2 Å². The van der Waals surface area contributed by atoms with Crippen molar-refractivity contribution in [2.45, 2.75) is 40.0 Å². The highest BCUT2D eigenvalue weighted by atomic mass is 19.2. The summed E-state index contributed by atoms with van der Waals surface area (Å²) in [4.78, 5) is 27.8. The number of imide groups is 1. The molecule has 1 heterocycles. The molecule has 3 aromatic rings. The molecule has 0 spiro atoms. The largest absolute Gasteiger partial charge is 0.350 e. The molecule has 0 aromatic heterocycles. The predicted octanol–water partition coefficient (Wildman–Crippen LogP) is 6.28. The Labute approximate surface area is 197 Å². The van der Waals surface area contributed by atoms with Gasteiger partial charge in [-0.05, 0) is 65.8 Å². The maximum absolute atomic E-state index is 13.9. The Balaban J connectivity index is 1.81. The number of hydrogen-bond donors (Lipinski definition) is 1. The molecule has 1 aliphatic rings. The standard InChI is InChI=1S/C28H26F2N2O2/c1-16-6-7-18(14-17(16)2)24-25(31-20-10-8-19(9-11-20)28(3,4)5)27(34)32(26(24)33)21-12-13-22(29)23(30)15-21/h6-15,31H,1-5H3. The molecule has 34 heavy (non-hydrogen) atoms. The van der Waals surface area contributed by atoms with Crippen molar-refractivity contribution in [2.75, 3.05) is 10.2 Å². The smallest absolute Gasteiger partial charge is 0.282 e. The third-order valence-corrected chi connectivity index (χ3v) is 6.06. The number of halogens is 2. The van der Waals surface area contributed by atoms with Crippen molar-refractivity contribution in [3.63, 3.8) is 0 Å². The van der Waals surface area contributed by atoms with Crippen molar-refractivity contribution in [2.24, 2.45) is 0 Å². The highest BCUT2D eigenvalue weighted by Gasteiger charge is 2.40. The van der Waals surface area contributed by atoms with Crippen LogP contribution in [-0.2, 0) is 15.0 Å². The van der Waals surface area contributed by atoms with E-state index in [1.807, 2.05) is 50.2 Å². The number of hydrogen-bond acceptors (Lipinski definition) is 3. The molecular weight excluding hydrogens is 434 g/mol. The van der Waals surface area contributed by atoms with Crippen molar-refractivity contribution in [3.8, 4) is 0 Å². The number of anilines is 2. The number of benzene rings is 3. The molecule has 1 N–H and O–H groups in total. The maximum atomic E-state index is 13.9. The molecule has 3 aromatic carbocycles. The zero-order valence-electron chi connectivity index (χ0n) is 19.8. The first-order valence-corrected chi connectivity index (χ1v) is 11.0. The summed E-state index contributed by atoms with van der Waals surface area (Å²) in [6, 6.07) is 16.1. The van der Waals surface area contributed by atoms with Gasteiger partial charge in [-0.25, -0.2) is 13.7 Å². The summed E-state index contributed by atoms with van der Waals surface area (Å²) < 4.78 is 27.4. The zero-order valence-corrected chi connectivity index (χ0v) is 19.8. The summed E-state index contributed by atoms with van der Waals surface area (Å²) in [7, 11) is 0. The Bertz CT molecular complexity index is 1340. The van der Waals surface area contributed by atoms with Crippen LogP contribution >= 0.6 is 0 Å². The van der Waals surface area contributed by atoms with Crippen LogP contribution in [0.1, 0.15) is 43.0 Å². The lowest BCUT2D eigenvalue weighted by atomic mass is 9.87. The van der Waals surface area contributed by atoms with Crippen molar-refractivity contribution in [3.05, 3.63) is 100 Å². The van der Waals surface area contributed by atoms with E-state index >= 15 is 0 Å². The monoisotopic (exact) mass is 460 g/mol. The van der Waals surface area contributed by atoms with Gasteiger partial charge in [0.15, 0.2) is 11.6 Å². The summed E-state index contributed by atoms with van der Waals surface area (Å²) in [6.07, 6.45) is 0. The van der Waals surface area contributed by atoms with Crippen molar-refractivity contribution in [1.29, 1.82) is 0 Å². The molecule has 0 fully saturated rings. The van der Waals surface area contributed by atoms with E-state index in [4.69, 9.17) is 0 Å². The summed E-state index contributed by atoms with van der Waals surface area (Å²) in [5.74, 6) is -3.43. The van der Waals surface area contributed by atoms with E-state index in [-0.39, 0.29) is 22.4 Å². The van der Waals surface area contributed by atoms with Gasteiger partial charge in [0.05, 0.1) is 11.3 Å². The molecular formula is C28H26F2N2O2.